The van der Waals surface area contributed by atoms with Crippen molar-refractivity contribution >= 4 is 46.4 Å². The van der Waals surface area contributed by atoms with Gasteiger partial charge in [0.25, 0.3) is 5.91 Å². The zero-order chi connectivity index (χ0) is 22.5. The molecule has 8 heteroatoms. The van der Waals surface area contributed by atoms with E-state index in [2.05, 4.69) is 4.99 Å². The summed E-state index contributed by atoms with van der Waals surface area (Å²) in [4.78, 5) is 42.2. The molecular formula is C23H22N2O5S. The molecule has 2 aromatic carbocycles. The van der Waals surface area contributed by atoms with Gasteiger partial charge in [0, 0.05) is 12.6 Å². The monoisotopic (exact) mass is 438 g/mol. The fraction of sp³-hybridized carbons (Fsp3) is 0.217. The average Bonchev–Trinajstić information content (AvgIpc) is 3.00. The van der Waals surface area contributed by atoms with E-state index in [1.807, 2.05) is 13.0 Å². The van der Waals surface area contributed by atoms with Gasteiger partial charge in [0.05, 0.1) is 16.2 Å². The van der Waals surface area contributed by atoms with Crippen molar-refractivity contribution in [1.29, 1.82) is 0 Å². The van der Waals surface area contributed by atoms with Crippen molar-refractivity contribution in [3.8, 4) is 5.75 Å². The highest BCUT2D eigenvalue weighted by Gasteiger charge is 2.31. The maximum Gasteiger partial charge on any atom is 0.337 e. The number of carbonyl (C=O) groups excluding carboxylic acids is 2. The van der Waals surface area contributed by atoms with Gasteiger partial charge < -0.3 is 9.84 Å². The Kier molecular flexibility index (Phi) is 6.91. The summed E-state index contributed by atoms with van der Waals surface area (Å²) in [6.45, 7) is 3.36. The summed E-state index contributed by atoms with van der Waals surface area (Å²) < 4.78 is 5.87. The first-order chi connectivity index (χ1) is 14.8. The molecular weight excluding hydrogens is 416 g/mol. The predicted octanol–water partition coefficient (Wildman–Crippen LogP) is 4.37. The molecule has 1 N–H and O–H groups in total. The van der Waals surface area contributed by atoms with Crippen molar-refractivity contribution in [3.63, 3.8) is 0 Å². The molecule has 1 aliphatic heterocycles. The molecule has 1 saturated heterocycles. The second-order valence-electron chi connectivity index (χ2n) is 6.85. The number of carboxylic acid groups (broad SMARTS) is 1. The number of ether oxygens (including phenoxy) is 1. The smallest absolute Gasteiger partial charge is 0.337 e. The van der Waals surface area contributed by atoms with E-state index in [9.17, 15) is 19.5 Å². The van der Waals surface area contributed by atoms with E-state index < -0.39 is 12.1 Å². The number of rotatable bonds is 7. The van der Waals surface area contributed by atoms with Gasteiger partial charge in [-0.1, -0.05) is 37.3 Å². The SMILES string of the molecule is CCC(Oc1ccccc1/C=C1\SC(=Nc2ccccc2C(=O)O)N(C)C1=O)C(C)=O. The molecule has 0 radical (unpaired) electrons. The zero-order valence-corrected chi connectivity index (χ0v) is 18.2. The molecule has 1 heterocycles. The standard InChI is InChI=1S/C23H22N2O5S/c1-4-18(14(2)26)30-19-12-8-5-9-15(19)13-20-21(27)25(3)23(31-20)24-17-11-7-6-10-16(17)22(28)29/h5-13,18H,4H2,1-3H3,(H,28,29)/b20-13-,24-23?. The number of likely N-dealkylation sites (N-methyl/N-ethyl adjacent to an activating group) is 1. The summed E-state index contributed by atoms with van der Waals surface area (Å²) in [5, 5.41) is 9.73. The van der Waals surface area contributed by atoms with Gasteiger partial charge in [0.1, 0.15) is 5.75 Å². The number of aliphatic imine (C=N–C) groups is 1. The number of Topliss-reactive ketones (excluding diaryl/α,β-unsaturated/α-hetero) is 1. The molecule has 2 aromatic rings. The van der Waals surface area contributed by atoms with Crippen LogP contribution in [-0.2, 0) is 9.59 Å². The highest BCUT2D eigenvalue weighted by Crippen LogP contribution is 2.35. The van der Waals surface area contributed by atoms with Gasteiger partial charge in [0.15, 0.2) is 17.1 Å². The van der Waals surface area contributed by atoms with Crippen LogP contribution < -0.4 is 4.74 Å². The highest BCUT2D eigenvalue weighted by molar-refractivity contribution is 8.18. The van der Waals surface area contributed by atoms with Crippen LogP contribution >= 0.6 is 11.8 Å². The maximum atomic E-state index is 12.8. The van der Waals surface area contributed by atoms with Crippen LogP contribution in [0.25, 0.3) is 6.08 Å². The third-order valence-electron chi connectivity index (χ3n) is 4.65. The number of thioether (sulfide) groups is 1. The summed E-state index contributed by atoms with van der Waals surface area (Å²) in [5.41, 5.74) is 0.996. The Bertz CT molecular complexity index is 1090. The van der Waals surface area contributed by atoms with Gasteiger partial charge in [-0.2, -0.15) is 0 Å². The van der Waals surface area contributed by atoms with E-state index in [1.54, 1.807) is 49.5 Å². The van der Waals surface area contributed by atoms with E-state index in [0.29, 0.717) is 27.8 Å². The number of carboxylic acids is 1. The number of para-hydroxylation sites is 2. The van der Waals surface area contributed by atoms with E-state index in [1.165, 1.54) is 17.9 Å². The van der Waals surface area contributed by atoms with Gasteiger partial charge in [-0.15, -0.1) is 0 Å². The minimum Gasteiger partial charge on any atom is -0.482 e. The second-order valence-corrected chi connectivity index (χ2v) is 7.86. The fourth-order valence-corrected chi connectivity index (χ4v) is 3.93. The van der Waals surface area contributed by atoms with E-state index in [0.717, 1.165) is 11.8 Å². The number of ketones is 1. The van der Waals surface area contributed by atoms with Gasteiger partial charge in [-0.05, 0) is 49.4 Å². The van der Waals surface area contributed by atoms with E-state index in [4.69, 9.17) is 4.74 Å². The highest BCUT2D eigenvalue weighted by atomic mass is 32.2. The minimum absolute atomic E-state index is 0.0578. The Balaban J connectivity index is 1.93. The number of carbonyl (C=O) groups is 3. The molecule has 1 atom stereocenters. The Morgan fingerprint density at radius 1 is 1.19 bits per heavy atom. The first kappa shape index (κ1) is 22.3. The molecule has 7 nitrogen and oxygen atoms in total. The summed E-state index contributed by atoms with van der Waals surface area (Å²) in [6.07, 6.45) is 1.67. The van der Waals surface area contributed by atoms with Crippen molar-refractivity contribution in [3.05, 3.63) is 64.6 Å². The Morgan fingerprint density at radius 3 is 2.55 bits per heavy atom. The largest absolute Gasteiger partial charge is 0.482 e. The molecule has 1 amide bonds. The quantitative estimate of drug-likeness (QED) is 0.645. The van der Waals surface area contributed by atoms with Crippen LogP contribution in [-0.4, -0.2) is 46.0 Å². The fourth-order valence-electron chi connectivity index (χ4n) is 2.96. The lowest BCUT2D eigenvalue weighted by molar-refractivity contribution is -0.123. The van der Waals surface area contributed by atoms with Crippen molar-refractivity contribution in [2.24, 2.45) is 4.99 Å². The van der Waals surface area contributed by atoms with Gasteiger partial charge in [-0.25, -0.2) is 9.79 Å². The average molecular weight is 439 g/mol. The molecule has 0 aromatic heterocycles. The topological polar surface area (TPSA) is 96.3 Å². The summed E-state index contributed by atoms with van der Waals surface area (Å²) in [6, 6.07) is 13.5. The number of amides is 1. The van der Waals surface area contributed by atoms with Crippen LogP contribution in [0.1, 0.15) is 36.2 Å². The van der Waals surface area contributed by atoms with Gasteiger partial charge >= 0.3 is 5.97 Å². The lowest BCUT2D eigenvalue weighted by Gasteiger charge is -2.16. The third kappa shape index (κ3) is 5.03. The zero-order valence-electron chi connectivity index (χ0n) is 17.4. The first-order valence-electron chi connectivity index (χ1n) is 9.66. The third-order valence-corrected chi connectivity index (χ3v) is 5.71. The van der Waals surface area contributed by atoms with Crippen LogP contribution in [0.3, 0.4) is 0 Å². The predicted molar refractivity (Wildman–Crippen MR) is 121 cm³/mol. The molecule has 3 rings (SSSR count). The molecule has 0 aliphatic carbocycles. The van der Waals surface area contributed by atoms with Crippen LogP contribution in [0.2, 0.25) is 0 Å². The first-order valence-corrected chi connectivity index (χ1v) is 10.5. The summed E-state index contributed by atoms with van der Waals surface area (Å²) in [7, 11) is 1.59. The molecule has 0 spiro atoms. The van der Waals surface area contributed by atoms with Crippen LogP contribution in [0.15, 0.2) is 58.4 Å². The lowest BCUT2D eigenvalue weighted by atomic mass is 10.1. The van der Waals surface area contributed by atoms with Gasteiger partial charge in [0.2, 0.25) is 0 Å². The Labute approximate surface area is 184 Å². The molecule has 1 fully saturated rings. The lowest BCUT2D eigenvalue weighted by Crippen LogP contribution is -2.24. The molecule has 31 heavy (non-hydrogen) atoms. The molecule has 1 aliphatic rings. The minimum atomic E-state index is -1.09. The Morgan fingerprint density at radius 2 is 1.87 bits per heavy atom. The van der Waals surface area contributed by atoms with Crippen LogP contribution in [0.5, 0.6) is 5.75 Å². The maximum absolute atomic E-state index is 12.8. The number of nitrogens with zero attached hydrogens (tertiary/aromatic N) is 2. The van der Waals surface area contributed by atoms with Crippen molar-refractivity contribution in [2.75, 3.05) is 7.05 Å². The van der Waals surface area contributed by atoms with Crippen molar-refractivity contribution in [1.82, 2.24) is 4.90 Å². The van der Waals surface area contributed by atoms with Crippen molar-refractivity contribution in [2.45, 2.75) is 26.4 Å². The van der Waals surface area contributed by atoms with Crippen LogP contribution in [0.4, 0.5) is 5.69 Å². The molecule has 0 bridgehead atoms. The summed E-state index contributed by atoms with van der Waals surface area (Å²) >= 11 is 1.15. The normalized spacial score (nSPS) is 17.3. The number of hydrogen-bond acceptors (Lipinski definition) is 6. The molecule has 0 saturated carbocycles. The van der Waals surface area contributed by atoms with Crippen LogP contribution in [0, 0.1) is 0 Å². The Hall–Kier alpha value is -3.39. The number of aromatic carboxylic acids is 1. The van der Waals surface area contributed by atoms with Gasteiger partial charge in [-0.3, -0.25) is 14.5 Å². The summed E-state index contributed by atoms with van der Waals surface area (Å²) in [5.74, 6) is -0.906. The van der Waals surface area contributed by atoms with E-state index >= 15 is 0 Å². The number of amidine groups is 1. The van der Waals surface area contributed by atoms with Crippen molar-refractivity contribution < 1.29 is 24.2 Å². The molecule has 160 valence electrons. The van der Waals surface area contributed by atoms with E-state index in [-0.39, 0.29) is 22.9 Å². The number of benzene rings is 2. The number of hydrogen-bond donors (Lipinski definition) is 1. The molecule has 1 unspecified atom stereocenters. The second kappa shape index (κ2) is 9.61.